The highest BCUT2D eigenvalue weighted by atomic mass is 79.9. The minimum Gasteiger partial charge on any atom is -0.398 e. The van der Waals surface area contributed by atoms with E-state index >= 15 is 0 Å². The van der Waals surface area contributed by atoms with Gasteiger partial charge < -0.3 is 10.3 Å². The summed E-state index contributed by atoms with van der Waals surface area (Å²) in [5, 5.41) is 8.47. The molecule has 80 valence electrons. The Hall–Kier alpha value is -1.28. The maximum atomic E-state index is 11.7. The summed E-state index contributed by atoms with van der Waals surface area (Å²) in [7, 11) is 0. The summed E-state index contributed by atoms with van der Waals surface area (Å²) in [4.78, 5) is 11.7. The van der Waals surface area contributed by atoms with Gasteiger partial charge in [0.1, 0.15) is 0 Å². The van der Waals surface area contributed by atoms with E-state index < -0.39 is 0 Å². The summed E-state index contributed by atoms with van der Waals surface area (Å²) < 4.78 is 2.00. The Morgan fingerprint density at radius 2 is 2.40 bits per heavy atom. The maximum absolute atomic E-state index is 11.7. The Balaban J connectivity index is 3.04. The Kier molecular flexibility index (Phi) is 3.92. The van der Waals surface area contributed by atoms with E-state index in [-0.39, 0.29) is 11.6 Å². The molecule has 1 aromatic heterocycles. The van der Waals surface area contributed by atoms with Crippen LogP contribution in [0.1, 0.15) is 25.8 Å². The summed E-state index contributed by atoms with van der Waals surface area (Å²) in [5.74, 6) is 0. The third-order valence-electron chi connectivity index (χ3n) is 2.17. The van der Waals surface area contributed by atoms with Crippen molar-refractivity contribution in [3.63, 3.8) is 0 Å². The molecule has 0 aliphatic rings. The zero-order valence-corrected chi connectivity index (χ0v) is 9.99. The first-order valence-electron chi connectivity index (χ1n) is 4.60. The van der Waals surface area contributed by atoms with Crippen LogP contribution in [0.25, 0.3) is 0 Å². The second kappa shape index (κ2) is 4.99. The molecule has 0 bridgehead atoms. The SMILES string of the molecule is CC(CCC#N)n1cc(N)cc(Br)c1=O. The van der Waals surface area contributed by atoms with Gasteiger partial charge in [0.15, 0.2) is 0 Å². The number of aromatic nitrogens is 1. The van der Waals surface area contributed by atoms with Crippen molar-refractivity contribution in [2.45, 2.75) is 25.8 Å². The average Bonchev–Trinajstić information content (AvgIpc) is 2.19. The molecule has 0 spiro atoms. The van der Waals surface area contributed by atoms with Crippen molar-refractivity contribution in [3.8, 4) is 6.07 Å². The van der Waals surface area contributed by atoms with E-state index in [9.17, 15) is 4.79 Å². The summed E-state index contributed by atoms with van der Waals surface area (Å²) in [6, 6.07) is 3.62. The van der Waals surface area contributed by atoms with Gasteiger partial charge in [0, 0.05) is 24.3 Å². The van der Waals surface area contributed by atoms with Crippen LogP contribution in [0.2, 0.25) is 0 Å². The fourth-order valence-electron chi connectivity index (χ4n) is 1.33. The molecular formula is C10H12BrN3O. The van der Waals surface area contributed by atoms with E-state index in [1.54, 1.807) is 16.8 Å². The predicted molar refractivity (Wildman–Crippen MR) is 62.4 cm³/mol. The highest BCUT2D eigenvalue weighted by molar-refractivity contribution is 9.10. The van der Waals surface area contributed by atoms with Gasteiger partial charge in [-0.15, -0.1) is 0 Å². The smallest absolute Gasteiger partial charge is 0.265 e. The van der Waals surface area contributed by atoms with Crippen molar-refractivity contribution in [1.29, 1.82) is 5.26 Å². The van der Waals surface area contributed by atoms with Gasteiger partial charge in [0.05, 0.1) is 10.5 Å². The van der Waals surface area contributed by atoms with Gasteiger partial charge in [0.2, 0.25) is 0 Å². The molecule has 0 saturated carbocycles. The molecule has 4 nitrogen and oxygen atoms in total. The fraction of sp³-hybridized carbons (Fsp3) is 0.400. The van der Waals surface area contributed by atoms with Crippen LogP contribution in [0.4, 0.5) is 5.69 Å². The lowest BCUT2D eigenvalue weighted by Gasteiger charge is -2.14. The van der Waals surface area contributed by atoms with Gasteiger partial charge >= 0.3 is 0 Å². The van der Waals surface area contributed by atoms with Crippen molar-refractivity contribution in [2.75, 3.05) is 5.73 Å². The lowest BCUT2D eigenvalue weighted by atomic mass is 10.2. The van der Waals surface area contributed by atoms with Crippen LogP contribution in [0.5, 0.6) is 0 Å². The molecule has 2 N–H and O–H groups in total. The molecule has 0 fully saturated rings. The lowest BCUT2D eigenvalue weighted by Crippen LogP contribution is -2.23. The summed E-state index contributed by atoms with van der Waals surface area (Å²) >= 11 is 3.16. The molecule has 0 amide bonds. The number of hydrogen-bond donors (Lipinski definition) is 1. The number of anilines is 1. The molecule has 1 aromatic rings. The molecule has 0 saturated heterocycles. The van der Waals surface area contributed by atoms with E-state index in [1.165, 1.54) is 0 Å². The first kappa shape index (κ1) is 11.8. The third kappa shape index (κ3) is 2.83. The minimum absolute atomic E-state index is 0.0167. The number of pyridine rings is 1. The van der Waals surface area contributed by atoms with Crippen molar-refractivity contribution < 1.29 is 0 Å². The van der Waals surface area contributed by atoms with Gasteiger partial charge in [-0.25, -0.2) is 0 Å². The molecule has 15 heavy (non-hydrogen) atoms. The first-order chi connectivity index (χ1) is 7.06. The average molecular weight is 270 g/mol. The Bertz CT molecular complexity index is 447. The molecule has 5 heteroatoms. The number of nitriles is 1. The molecule has 1 unspecified atom stereocenters. The number of nitrogens with zero attached hydrogens (tertiary/aromatic N) is 2. The van der Waals surface area contributed by atoms with E-state index in [1.807, 2.05) is 6.92 Å². The Morgan fingerprint density at radius 3 is 3.00 bits per heavy atom. The van der Waals surface area contributed by atoms with Gasteiger partial charge in [-0.3, -0.25) is 4.79 Å². The quantitative estimate of drug-likeness (QED) is 0.913. The van der Waals surface area contributed by atoms with Crippen LogP contribution < -0.4 is 11.3 Å². The summed E-state index contributed by atoms with van der Waals surface area (Å²) in [5.41, 5.74) is 6.06. The monoisotopic (exact) mass is 269 g/mol. The standard InChI is InChI=1S/C10H12BrN3O/c1-7(3-2-4-12)14-6-8(13)5-9(11)10(14)15/h5-7H,2-3,13H2,1H3. The summed E-state index contributed by atoms with van der Waals surface area (Å²) in [6.07, 6.45) is 2.68. The van der Waals surface area contributed by atoms with Crippen molar-refractivity contribution >= 4 is 21.6 Å². The van der Waals surface area contributed by atoms with E-state index in [0.29, 0.717) is 23.0 Å². The van der Waals surface area contributed by atoms with Crippen LogP contribution in [0, 0.1) is 11.3 Å². The fourth-order valence-corrected chi connectivity index (χ4v) is 1.80. The zero-order chi connectivity index (χ0) is 11.4. The number of nitrogen functional groups attached to an aromatic ring is 1. The number of rotatable bonds is 3. The molecule has 0 aromatic carbocycles. The van der Waals surface area contributed by atoms with Gasteiger partial charge in [-0.2, -0.15) is 5.26 Å². The second-order valence-corrected chi connectivity index (χ2v) is 4.23. The number of halogens is 1. The molecule has 0 aliphatic carbocycles. The predicted octanol–water partition coefficient (Wildman–Crippen LogP) is 2.06. The van der Waals surface area contributed by atoms with Gasteiger partial charge in [-0.1, -0.05) is 0 Å². The van der Waals surface area contributed by atoms with E-state index in [2.05, 4.69) is 22.0 Å². The van der Waals surface area contributed by atoms with Crippen LogP contribution in [0.15, 0.2) is 21.5 Å². The van der Waals surface area contributed by atoms with Gasteiger partial charge in [-0.05, 0) is 35.3 Å². The topological polar surface area (TPSA) is 71.8 Å². The zero-order valence-electron chi connectivity index (χ0n) is 8.40. The largest absolute Gasteiger partial charge is 0.398 e. The minimum atomic E-state index is -0.116. The molecule has 1 atom stereocenters. The van der Waals surface area contributed by atoms with Crippen LogP contribution in [0.3, 0.4) is 0 Å². The third-order valence-corrected chi connectivity index (χ3v) is 2.74. The Labute approximate surface area is 96.4 Å². The normalized spacial score (nSPS) is 12.1. The van der Waals surface area contributed by atoms with Crippen molar-refractivity contribution in [1.82, 2.24) is 4.57 Å². The van der Waals surface area contributed by atoms with Crippen LogP contribution >= 0.6 is 15.9 Å². The lowest BCUT2D eigenvalue weighted by molar-refractivity contribution is 0.498. The maximum Gasteiger partial charge on any atom is 0.265 e. The Morgan fingerprint density at radius 1 is 1.73 bits per heavy atom. The number of nitrogens with two attached hydrogens (primary N) is 1. The van der Waals surface area contributed by atoms with Crippen molar-refractivity contribution in [3.05, 3.63) is 27.1 Å². The van der Waals surface area contributed by atoms with Crippen LogP contribution in [-0.2, 0) is 0 Å². The molecule has 1 rings (SSSR count). The summed E-state index contributed by atoms with van der Waals surface area (Å²) in [6.45, 7) is 1.89. The number of hydrogen-bond acceptors (Lipinski definition) is 3. The highest BCUT2D eigenvalue weighted by Gasteiger charge is 2.09. The molecule has 1 heterocycles. The molecular weight excluding hydrogens is 258 g/mol. The first-order valence-corrected chi connectivity index (χ1v) is 5.39. The molecule has 0 aliphatic heterocycles. The van der Waals surface area contributed by atoms with E-state index in [0.717, 1.165) is 0 Å². The second-order valence-electron chi connectivity index (χ2n) is 3.38. The van der Waals surface area contributed by atoms with Gasteiger partial charge in [0.25, 0.3) is 5.56 Å². The highest BCUT2D eigenvalue weighted by Crippen LogP contribution is 2.15. The van der Waals surface area contributed by atoms with Crippen LogP contribution in [-0.4, -0.2) is 4.57 Å². The molecule has 0 radical (unpaired) electrons. The van der Waals surface area contributed by atoms with E-state index in [4.69, 9.17) is 11.0 Å². The van der Waals surface area contributed by atoms with Crippen molar-refractivity contribution in [2.24, 2.45) is 0 Å².